The van der Waals surface area contributed by atoms with Crippen molar-refractivity contribution in [3.63, 3.8) is 0 Å². The van der Waals surface area contributed by atoms with Crippen LogP contribution in [0.1, 0.15) is 18.4 Å². The highest BCUT2D eigenvalue weighted by Gasteiger charge is 2.15. The van der Waals surface area contributed by atoms with E-state index in [4.69, 9.17) is 0 Å². The second-order valence-corrected chi connectivity index (χ2v) is 6.43. The zero-order valence-corrected chi connectivity index (χ0v) is 10.3. The lowest BCUT2D eigenvalue weighted by Gasteiger charge is -2.10. The fourth-order valence-electron chi connectivity index (χ4n) is 2.12. The van der Waals surface area contributed by atoms with Crippen molar-refractivity contribution in [2.75, 3.05) is 12.8 Å². The van der Waals surface area contributed by atoms with Crippen LogP contribution >= 0.6 is 0 Å². The number of hydrogen-bond acceptors (Lipinski definition) is 3. The topological polar surface area (TPSA) is 46.2 Å². The van der Waals surface area contributed by atoms with E-state index < -0.39 is 9.84 Å². The first kappa shape index (κ1) is 11.6. The first-order chi connectivity index (χ1) is 7.55. The lowest BCUT2D eigenvalue weighted by atomic mass is 10.1. The highest BCUT2D eigenvalue weighted by Crippen LogP contribution is 2.16. The third-order valence-corrected chi connectivity index (χ3v) is 4.08. The van der Waals surface area contributed by atoms with Crippen molar-refractivity contribution in [1.29, 1.82) is 0 Å². The lowest BCUT2D eigenvalue weighted by Crippen LogP contribution is -2.23. The molecule has 1 heterocycles. The van der Waals surface area contributed by atoms with Crippen molar-refractivity contribution in [3.05, 3.63) is 29.8 Å². The van der Waals surface area contributed by atoms with Crippen LogP contribution < -0.4 is 5.32 Å². The van der Waals surface area contributed by atoms with Crippen molar-refractivity contribution >= 4 is 9.84 Å². The SMILES string of the molecule is CS(=O)(=O)c1cccc(CC2CCCN2)c1. The Morgan fingerprint density at radius 3 is 2.88 bits per heavy atom. The van der Waals surface area contributed by atoms with E-state index in [-0.39, 0.29) is 0 Å². The number of hydrogen-bond donors (Lipinski definition) is 1. The second kappa shape index (κ2) is 4.55. The molecule has 1 aromatic rings. The molecule has 3 nitrogen and oxygen atoms in total. The Bertz CT molecular complexity index is 462. The molecule has 2 rings (SSSR count). The molecular weight excluding hydrogens is 222 g/mol. The molecule has 1 unspecified atom stereocenters. The van der Waals surface area contributed by atoms with Crippen LogP contribution in [-0.4, -0.2) is 27.3 Å². The van der Waals surface area contributed by atoms with Gasteiger partial charge in [0.2, 0.25) is 0 Å². The summed E-state index contributed by atoms with van der Waals surface area (Å²) in [5.41, 5.74) is 1.10. The maximum absolute atomic E-state index is 11.4. The summed E-state index contributed by atoms with van der Waals surface area (Å²) in [6.07, 6.45) is 4.57. The van der Waals surface area contributed by atoms with Gasteiger partial charge in [0, 0.05) is 12.3 Å². The summed E-state index contributed by atoms with van der Waals surface area (Å²) in [6.45, 7) is 1.08. The van der Waals surface area contributed by atoms with Crippen LogP contribution in [0.3, 0.4) is 0 Å². The van der Waals surface area contributed by atoms with Gasteiger partial charge in [-0.1, -0.05) is 12.1 Å². The lowest BCUT2D eigenvalue weighted by molar-refractivity contribution is 0.596. The summed E-state index contributed by atoms with van der Waals surface area (Å²) < 4.78 is 22.8. The average molecular weight is 239 g/mol. The van der Waals surface area contributed by atoms with E-state index in [0.29, 0.717) is 10.9 Å². The molecule has 0 spiro atoms. The minimum Gasteiger partial charge on any atom is -0.314 e. The van der Waals surface area contributed by atoms with Crippen LogP contribution in [0.2, 0.25) is 0 Å². The molecule has 0 aliphatic carbocycles. The summed E-state index contributed by atoms with van der Waals surface area (Å²) in [5, 5.41) is 3.41. The van der Waals surface area contributed by atoms with Crippen molar-refractivity contribution in [2.24, 2.45) is 0 Å². The van der Waals surface area contributed by atoms with E-state index in [9.17, 15) is 8.42 Å². The third-order valence-electron chi connectivity index (χ3n) is 2.97. The van der Waals surface area contributed by atoms with Crippen LogP contribution in [0.15, 0.2) is 29.2 Å². The standard InChI is InChI=1S/C12H17NO2S/c1-16(14,15)12-6-2-4-10(9-12)8-11-5-3-7-13-11/h2,4,6,9,11,13H,3,5,7-8H2,1H3. The normalized spacial score (nSPS) is 21.2. The summed E-state index contributed by atoms with van der Waals surface area (Å²) in [5.74, 6) is 0. The Hall–Kier alpha value is -0.870. The molecule has 4 heteroatoms. The fraction of sp³-hybridized carbons (Fsp3) is 0.500. The Labute approximate surface area is 96.8 Å². The van der Waals surface area contributed by atoms with Gasteiger partial charge in [0.1, 0.15) is 0 Å². The Morgan fingerprint density at radius 2 is 2.25 bits per heavy atom. The summed E-state index contributed by atoms with van der Waals surface area (Å²) >= 11 is 0. The van der Waals surface area contributed by atoms with Gasteiger partial charge in [0.15, 0.2) is 9.84 Å². The van der Waals surface area contributed by atoms with Gasteiger partial charge in [-0.05, 0) is 43.5 Å². The van der Waals surface area contributed by atoms with Crippen LogP contribution in [0.4, 0.5) is 0 Å². The fourth-order valence-corrected chi connectivity index (χ4v) is 2.81. The molecule has 0 saturated carbocycles. The van der Waals surface area contributed by atoms with Crippen LogP contribution in [0.5, 0.6) is 0 Å². The highest BCUT2D eigenvalue weighted by atomic mass is 32.2. The van der Waals surface area contributed by atoms with Crippen LogP contribution in [-0.2, 0) is 16.3 Å². The first-order valence-electron chi connectivity index (χ1n) is 5.58. The van der Waals surface area contributed by atoms with Crippen molar-refractivity contribution in [2.45, 2.75) is 30.2 Å². The maximum Gasteiger partial charge on any atom is 0.175 e. The molecule has 0 radical (unpaired) electrons. The van der Waals surface area contributed by atoms with Crippen LogP contribution in [0, 0.1) is 0 Å². The van der Waals surface area contributed by atoms with E-state index in [0.717, 1.165) is 18.5 Å². The molecule has 1 aliphatic rings. The van der Waals surface area contributed by atoms with E-state index in [1.165, 1.54) is 19.1 Å². The van der Waals surface area contributed by atoms with Gasteiger partial charge in [0.25, 0.3) is 0 Å². The molecule has 0 bridgehead atoms. The maximum atomic E-state index is 11.4. The van der Waals surface area contributed by atoms with E-state index >= 15 is 0 Å². The number of sulfone groups is 1. The zero-order chi connectivity index (χ0) is 11.6. The summed E-state index contributed by atoms with van der Waals surface area (Å²) in [6, 6.07) is 7.76. The van der Waals surface area contributed by atoms with Gasteiger partial charge >= 0.3 is 0 Å². The van der Waals surface area contributed by atoms with E-state index in [1.807, 2.05) is 12.1 Å². The highest BCUT2D eigenvalue weighted by molar-refractivity contribution is 7.90. The van der Waals surface area contributed by atoms with Crippen molar-refractivity contribution in [3.8, 4) is 0 Å². The minimum absolute atomic E-state index is 0.419. The molecule has 16 heavy (non-hydrogen) atoms. The van der Waals surface area contributed by atoms with Crippen LogP contribution in [0.25, 0.3) is 0 Å². The molecule has 0 aromatic heterocycles. The van der Waals surface area contributed by atoms with Gasteiger partial charge < -0.3 is 5.32 Å². The van der Waals surface area contributed by atoms with E-state index in [1.54, 1.807) is 12.1 Å². The van der Waals surface area contributed by atoms with E-state index in [2.05, 4.69) is 5.32 Å². The first-order valence-corrected chi connectivity index (χ1v) is 7.47. The molecule has 1 saturated heterocycles. The Kier molecular flexibility index (Phi) is 3.30. The zero-order valence-electron chi connectivity index (χ0n) is 9.44. The Morgan fingerprint density at radius 1 is 1.44 bits per heavy atom. The predicted molar refractivity (Wildman–Crippen MR) is 64.3 cm³/mol. The summed E-state index contributed by atoms with van der Waals surface area (Å²) in [7, 11) is -3.08. The van der Waals surface area contributed by atoms with Crippen molar-refractivity contribution < 1.29 is 8.42 Å². The molecule has 1 aliphatic heterocycles. The minimum atomic E-state index is -3.08. The Balaban J connectivity index is 2.16. The quantitative estimate of drug-likeness (QED) is 0.867. The molecule has 0 amide bonds. The number of benzene rings is 1. The largest absolute Gasteiger partial charge is 0.314 e. The van der Waals surface area contributed by atoms with Gasteiger partial charge in [-0.15, -0.1) is 0 Å². The molecule has 1 atom stereocenters. The van der Waals surface area contributed by atoms with Crippen molar-refractivity contribution in [1.82, 2.24) is 5.32 Å². The number of nitrogens with one attached hydrogen (secondary N) is 1. The smallest absolute Gasteiger partial charge is 0.175 e. The van der Waals surface area contributed by atoms with Gasteiger partial charge in [-0.2, -0.15) is 0 Å². The molecular formula is C12H17NO2S. The third kappa shape index (κ3) is 2.83. The molecule has 1 N–H and O–H groups in total. The average Bonchev–Trinajstić information content (AvgIpc) is 2.70. The van der Waals surface area contributed by atoms with Gasteiger partial charge in [0.05, 0.1) is 4.90 Å². The molecule has 1 fully saturated rings. The predicted octanol–water partition coefficient (Wildman–Crippen LogP) is 1.38. The summed E-state index contributed by atoms with van der Waals surface area (Å²) in [4.78, 5) is 0.419. The number of rotatable bonds is 3. The van der Waals surface area contributed by atoms with Gasteiger partial charge in [-0.3, -0.25) is 0 Å². The van der Waals surface area contributed by atoms with Gasteiger partial charge in [-0.25, -0.2) is 8.42 Å². The molecule has 88 valence electrons. The molecule has 1 aromatic carbocycles. The monoisotopic (exact) mass is 239 g/mol. The second-order valence-electron chi connectivity index (χ2n) is 4.42.